The Morgan fingerprint density at radius 1 is 1.25 bits per heavy atom. The van der Waals surface area contributed by atoms with Crippen molar-refractivity contribution in [2.24, 2.45) is 4.99 Å². The highest BCUT2D eigenvalue weighted by atomic mass is 32.2. The van der Waals surface area contributed by atoms with E-state index in [1.54, 1.807) is 36.0 Å². The number of hydrogen-bond acceptors (Lipinski definition) is 5. The Morgan fingerprint density at radius 2 is 2.00 bits per heavy atom. The summed E-state index contributed by atoms with van der Waals surface area (Å²) >= 11 is 2.93. The zero-order valence-corrected chi connectivity index (χ0v) is 17.8. The summed E-state index contributed by atoms with van der Waals surface area (Å²) in [5.74, 6) is 0.452. The zero-order valence-electron chi connectivity index (χ0n) is 15.4. The van der Waals surface area contributed by atoms with Crippen molar-refractivity contribution in [1.82, 2.24) is 4.57 Å². The van der Waals surface area contributed by atoms with Crippen molar-refractivity contribution in [3.63, 3.8) is 0 Å². The van der Waals surface area contributed by atoms with E-state index in [0.717, 1.165) is 15.1 Å². The van der Waals surface area contributed by atoms with Gasteiger partial charge in [0.15, 0.2) is 14.6 Å². The van der Waals surface area contributed by atoms with Gasteiger partial charge in [0.05, 0.1) is 15.1 Å². The SMILES string of the molecule is C=CCn1c(=NC(=O)CCSc2ccccc2)sc2cc(S(C)(=O)=O)ccc21. The van der Waals surface area contributed by atoms with Gasteiger partial charge in [-0.15, -0.1) is 18.3 Å². The van der Waals surface area contributed by atoms with Crippen LogP contribution in [0.5, 0.6) is 0 Å². The molecule has 1 heterocycles. The monoisotopic (exact) mass is 432 g/mol. The molecule has 1 amide bonds. The molecule has 0 N–H and O–H groups in total. The Hall–Kier alpha value is -2.16. The van der Waals surface area contributed by atoms with Gasteiger partial charge >= 0.3 is 0 Å². The number of carbonyl (C=O) groups is 1. The topological polar surface area (TPSA) is 68.5 Å². The summed E-state index contributed by atoms with van der Waals surface area (Å²) < 4.78 is 26.3. The standard InChI is InChI=1S/C20H20N2O3S3/c1-3-12-22-17-10-9-16(28(2,24)25)14-18(17)27-20(22)21-19(23)11-13-26-15-7-5-4-6-8-15/h3-10,14H,1,11-13H2,2H3. The molecule has 0 saturated carbocycles. The Balaban J connectivity index is 1.86. The molecule has 0 bridgehead atoms. The van der Waals surface area contributed by atoms with E-state index in [1.807, 2.05) is 34.9 Å². The molecule has 8 heteroatoms. The van der Waals surface area contributed by atoms with Crippen LogP contribution in [0.25, 0.3) is 10.2 Å². The molecule has 3 rings (SSSR count). The number of fused-ring (bicyclic) bond motifs is 1. The Morgan fingerprint density at radius 3 is 2.68 bits per heavy atom. The number of carbonyl (C=O) groups excluding carboxylic acids is 1. The zero-order chi connectivity index (χ0) is 20.1. The fourth-order valence-corrected chi connectivity index (χ4v) is 5.29. The highest BCUT2D eigenvalue weighted by molar-refractivity contribution is 7.99. The van der Waals surface area contributed by atoms with Gasteiger partial charge in [-0.3, -0.25) is 4.79 Å². The first-order valence-corrected chi connectivity index (χ1v) is 12.3. The number of aromatic nitrogens is 1. The van der Waals surface area contributed by atoms with Crippen molar-refractivity contribution in [1.29, 1.82) is 0 Å². The molecular formula is C20H20N2O3S3. The van der Waals surface area contributed by atoms with Crippen molar-refractivity contribution >= 4 is 49.1 Å². The molecule has 0 spiro atoms. The summed E-state index contributed by atoms with van der Waals surface area (Å²) in [6.45, 7) is 4.25. The first-order valence-electron chi connectivity index (χ1n) is 8.58. The lowest BCUT2D eigenvalue weighted by molar-refractivity contribution is -0.117. The lowest BCUT2D eigenvalue weighted by atomic mass is 10.3. The number of thioether (sulfide) groups is 1. The summed E-state index contributed by atoms with van der Waals surface area (Å²) in [6, 6.07) is 14.9. The van der Waals surface area contributed by atoms with E-state index >= 15 is 0 Å². The first kappa shape index (κ1) is 20.6. The summed E-state index contributed by atoms with van der Waals surface area (Å²) in [5.41, 5.74) is 0.836. The van der Waals surface area contributed by atoms with Crippen LogP contribution >= 0.6 is 23.1 Å². The van der Waals surface area contributed by atoms with E-state index in [0.29, 0.717) is 23.5 Å². The van der Waals surface area contributed by atoms with Gasteiger partial charge in [-0.05, 0) is 30.3 Å². The van der Waals surface area contributed by atoms with Gasteiger partial charge < -0.3 is 4.57 Å². The minimum Gasteiger partial charge on any atom is -0.313 e. The van der Waals surface area contributed by atoms with E-state index in [-0.39, 0.29) is 10.8 Å². The average Bonchev–Trinajstić information content (AvgIpc) is 2.99. The molecule has 3 aromatic rings. The maximum absolute atomic E-state index is 12.4. The molecule has 28 heavy (non-hydrogen) atoms. The Labute approximate surface area is 172 Å². The first-order chi connectivity index (χ1) is 13.4. The summed E-state index contributed by atoms with van der Waals surface area (Å²) in [4.78, 5) is 18.5. The van der Waals surface area contributed by atoms with Gasteiger partial charge in [0.25, 0.3) is 0 Å². The number of hydrogen-bond donors (Lipinski definition) is 0. The number of benzene rings is 2. The summed E-state index contributed by atoms with van der Waals surface area (Å²) in [5, 5.41) is 0. The molecule has 0 unspecified atom stereocenters. The smallest absolute Gasteiger partial charge is 0.249 e. The van der Waals surface area contributed by atoms with Crippen LogP contribution in [0.2, 0.25) is 0 Å². The quantitative estimate of drug-likeness (QED) is 0.419. The number of nitrogens with zero attached hydrogens (tertiary/aromatic N) is 2. The second-order valence-electron chi connectivity index (χ2n) is 6.10. The van der Waals surface area contributed by atoms with Crippen LogP contribution in [0.1, 0.15) is 6.42 Å². The molecule has 1 aromatic heterocycles. The second-order valence-corrected chi connectivity index (χ2v) is 10.3. The predicted octanol–water partition coefficient (Wildman–Crippen LogP) is 3.90. The van der Waals surface area contributed by atoms with E-state index in [2.05, 4.69) is 11.6 Å². The van der Waals surface area contributed by atoms with Crippen molar-refractivity contribution in [3.05, 3.63) is 66.0 Å². The minimum absolute atomic E-state index is 0.198. The number of sulfone groups is 1. The van der Waals surface area contributed by atoms with Crippen LogP contribution in [0, 0.1) is 0 Å². The maximum Gasteiger partial charge on any atom is 0.249 e. The van der Waals surface area contributed by atoms with Gasteiger partial charge in [-0.25, -0.2) is 8.42 Å². The Bertz CT molecular complexity index is 1180. The molecule has 0 aliphatic rings. The average molecular weight is 433 g/mol. The molecule has 0 atom stereocenters. The van der Waals surface area contributed by atoms with E-state index in [1.165, 1.54) is 17.6 Å². The normalized spacial score (nSPS) is 12.4. The van der Waals surface area contributed by atoms with Crippen molar-refractivity contribution < 1.29 is 13.2 Å². The van der Waals surface area contributed by atoms with Crippen LogP contribution in [-0.4, -0.2) is 30.9 Å². The third-order valence-corrected chi connectivity index (χ3v) is 7.11. The molecule has 146 valence electrons. The Kier molecular flexibility index (Phi) is 6.53. The highest BCUT2D eigenvalue weighted by Gasteiger charge is 2.12. The fourth-order valence-electron chi connectivity index (χ4n) is 2.61. The number of thiazole rings is 1. The molecule has 5 nitrogen and oxygen atoms in total. The third-order valence-electron chi connectivity index (χ3n) is 3.94. The van der Waals surface area contributed by atoms with Crippen molar-refractivity contribution in [3.8, 4) is 0 Å². The van der Waals surface area contributed by atoms with Gasteiger partial charge in [-0.2, -0.15) is 4.99 Å². The van der Waals surface area contributed by atoms with Crippen LogP contribution < -0.4 is 4.80 Å². The number of rotatable bonds is 7. The summed E-state index contributed by atoms with van der Waals surface area (Å²) in [7, 11) is -3.29. The maximum atomic E-state index is 12.4. The fraction of sp³-hybridized carbons (Fsp3) is 0.200. The second kappa shape index (κ2) is 8.89. The minimum atomic E-state index is -3.29. The van der Waals surface area contributed by atoms with E-state index in [4.69, 9.17) is 0 Å². The van der Waals surface area contributed by atoms with Gasteiger partial charge in [0.1, 0.15) is 0 Å². The molecule has 0 aliphatic carbocycles. The summed E-state index contributed by atoms with van der Waals surface area (Å²) in [6.07, 6.45) is 3.24. The predicted molar refractivity (Wildman–Crippen MR) is 115 cm³/mol. The lowest BCUT2D eigenvalue weighted by Gasteiger charge is -2.02. The van der Waals surface area contributed by atoms with Crippen molar-refractivity contribution in [2.75, 3.05) is 12.0 Å². The van der Waals surface area contributed by atoms with Gasteiger partial charge in [0, 0.05) is 29.9 Å². The molecule has 0 fully saturated rings. The number of allylic oxidation sites excluding steroid dienone is 1. The largest absolute Gasteiger partial charge is 0.313 e. The third kappa shape index (κ3) is 5.01. The molecular weight excluding hydrogens is 412 g/mol. The molecule has 0 aliphatic heterocycles. The van der Waals surface area contributed by atoms with E-state index in [9.17, 15) is 13.2 Å². The van der Waals surface area contributed by atoms with Gasteiger partial charge in [-0.1, -0.05) is 35.6 Å². The molecule has 2 aromatic carbocycles. The van der Waals surface area contributed by atoms with Crippen molar-refractivity contribution in [2.45, 2.75) is 22.8 Å². The molecule has 0 saturated heterocycles. The number of amides is 1. The highest BCUT2D eigenvalue weighted by Crippen LogP contribution is 2.22. The van der Waals surface area contributed by atoms with Crippen LogP contribution in [0.4, 0.5) is 0 Å². The lowest BCUT2D eigenvalue weighted by Crippen LogP contribution is -2.16. The van der Waals surface area contributed by atoms with Crippen LogP contribution in [-0.2, 0) is 21.2 Å². The van der Waals surface area contributed by atoms with E-state index < -0.39 is 9.84 Å². The van der Waals surface area contributed by atoms with Crippen LogP contribution in [0.15, 0.2) is 76.0 Å². The van der Waals surface area contributed by atoms with Gasteiger partial charge in [0.2, 0.25) is 5.91 Å². The van der Waals surface area contributed by atoms with Crippen LogP contribution in [0.3, 0.4) is 0 Å². The molecule has 0 radical (unpaired) electrons.